The second-order valence-electron chi connectivity index (χ2n) is 8.85. The summed E-state index contributed by atoms with van der Waals surface area (Å²) in [6, 6.07) is 10.8. The number of nitrogens with zero attached hydrogens (tertiary/aromatic N) is 3. The summed E-state index contributed by atoms with van der Waals surface area (Å²) >= 11 is 0. The number of anilines is 2. The molecule has 1 saturated heterocycles. The molecule has 9 heteroatoms. The highest BCUT2D eigenvalue weighted by atomic mass is 16.5. The molecule has 3 aromatic rings. The first-order valence-electron chi connectivity index (χ1n) is 11.8. The Morgan fingerprint density at radius 3 is 2.54 bits per heavy atom. The van der Waals surface area contributed by atoms with Crippen molar-refractivity contribution in [2.75, 3.05) is 50.1 Å². The number of ether oxygens (including phenoxy) is 2. The van der Waals surface area contributed by atoms with E-state index in [0.29, 0.717) is 40.3 Å². The first-order chi connectivity index (χ1) is 16.9. The molecule has 184 valence electrons. The smallest absolute Gasteiger partial charge is 0.256 e. The molecule has 2 heterocycles. The average molecular weight is 478 g/mol. The maximum atomic E-state index is 12.8. The molecule has 2 aromatic carbocycles. The predicted molar refractivity (Wildman–Crippen MR) is 135 cm³/mol. The monoisotopic (exact) mass is 477 g/mol. The normalized spacial score (nSPS) is 14.2. The molecule has 35 heavy (non-hydrogen) atoms. The number of aromatic nitrogens is 2. The topological polar surface area (TPSA) is 106 Å². The van der Waals surface area contributed by atoms with Crippen LogP contribution >= 0.6 is 0 Å². The Balaban J connectivity index is 1.60. The van der Waals surface area contributed by atoms with Crippen molar-refractivity contribution in [1.82, 2.24) is 14.9 Å². The molecule has 2 amide bonds. The molecule has 1 fully saturated rings. The minimum atomic E-state index is -0.274. The number of aryl methyl sites for hydroxylation is 1. The number of rotatable bonds is 8. The van der Waals surface area contributed by atoms with Gasteiger partial charge in [0.2, 0.25) is 5.91 Å². The molecule has 0 radical (unpaired) electrons. The lowest BCUT2D eigenvalue weighted by atomic mass is 10.1. The van der Waals surface area contributed by atoms with Crippen LogP contribution in [-0.2, 0) is 9.53 Å². The second-order valence-corrected chi connectivity index (χ2v) is 8.85. The molecule has 0 atom stereocenters. The van der Waals surface area contributed by atoms with Crippen LogP contribution in [0.3, 0.4) is 0 Å². The Morgan fingerprint density at radius 1 is 1.09 bits per heavy atom. The van der Waals surface area contributed by atoms with Crippen LogP contribution < -0.4 is 15.4 Å². The van der Waals surface area contributed by atoms with Crippen molar-refractivity contribution in [1.29, 1.82) is 0 Å². The fourth-order valence-electron chi connectivity index (χ4n) is 3.67. The minimum Gasteiger partial charge on any atom is -0.490 e. The van der Waals surface area contributed by atoms with Crippen molar-refractivity contribution >= 4 is 34.2 Å². The van der Waals surface area contributed by atoms with Gasteiger partial charge in [-0.25, -0.2) is 9.97 Å². The van der Waals surface area contributed by atoms with Gasteiger partial charge in [-0.1, -0.05) is 31.5 Å². The van der Waals surface area contributed by atoms with Gasteiger partial charge in [-0.3, -0.25) is 14.5 Å². The number of morpholine rings is 1. The number of benzene rings is 2. The number of carbonyl (C=O) groups excluding carboxylic acids is 2. The van der Waals surface area contributed by atoms with Gasteiger partial charge in [0.1, 0.15) is 24.5 Å². The van der Waals surface area contributed by atoms with Crippen molar-refractivity contribution in [2.45, 2.75) is 20.8 Å². The van der Waals surface area contributed by atoms with Gasteiger partial charge in [0, 0.05) is 42.6 Å². The van der Waals surface area contributed by atoms with Gasteiger partial charge in [-0.05, 0) is 25.1 Å². The molecule has 1 aliphatic rings. The van der Waals surface area contributed by atoms with Crippen LogP contribution in [0.2, 0.25) is 0 Å². The Hall–Kier alpha value is -3.56. The lowest BCUT2D eigenvalue weighted by molar-refractivity contribution is -0.118. The van der Waals surface area contributed by atoms with E-state index < -0.39 is 0 Å². The summed E-state index contributed by atoms with van der Waals surface area (Å²) in [6.45, 7) is 10.0. The molecular weight excluding hydrogens is 446 g/mol. The fourth-order valence-corrected chi connectivity index (χ4v) is 3.67. The van der Waals surface area contributed by atoms with E-state index in [4.69, 9.17) is 9.47 Å². The number of hydrogen-bond donors (Lipinski definition) is 2. The molecule has 0 saturated carbocycles. The van der Waals surface area contributed by atoms with Crippen LogP contribution in [0.25, 0.3) is 10.9 Å². The highest BCUT2D eigenvalue weighted by Gasteiger charge is 2.17. The first kappa shape index (κ1) is 24.6. The molecule has 0 spiro atoms. The number of fused-ring (bicyclic) bond motifs is 1. The molecule has 0 bridgehead atoms. The fraction of sp³-hybridized carbons (Fsp3) is 0.385. The molecule has 2 N–H and O–H groups in total. The molecule has 4 rings (SSSR count). The van der Waals surface area contributed by atoms with E-state index in [1.807, 2.05) is 32.9 Å². The van der Waals surface area contributed by atoms with Crippen molar-refractivity contribution in [3.05, 3.63) is 53.9 Å². The summed E-state index contributed by atoms with van der Waals surface area (Å²) < 4.78 is 11.5. The quantitative estimate of drug-likeness (QED) is 0.512. The zero-order valence-corrected chi connectivity index (χ0v) is 20.3. The summed E-state index contributed by atoms with van der Waals surface area (Å²) in [5, 5.41) is 6.41. The van der Waals surface area contributed by atoms with E-state index in [9.17, 15) is 9.59 Å². The van der Waals surface area contributed by atoms with Crippen LogP contribution in [0.4, 0.5) is 11.5 Å². The lowest BCUT2D eigenvalue weighted by Gasteiger charge is -2.26. The summed E-state index contributed by atoms with van der Waals surface area (Å²) in [6.07, 6.45) is 1.40. The van der Waals surface area contributed by atoms with Crippen molar-refractivity contribution in [3.8, 4) is 5.75 Å². The van der Waals surface area contributed by atoms with Crippen molar-refractivity contribution in [3.63, 3.8) is 0 Å². The van der Waals surface area contributed by atoms with Gasteiger partial charge in [-0.2, -0.15) is 0 Å². The lowest BCUT2D eigenvalue weighted by Crippen LogP contribution is -2.38. The molecule has 9 nitrogen and oxygen atoms in total. The highest BCUT2D eigenvalue weighted by Crippen LogP contribution is 2.33. The Bertz CT molecular complexity index is 1190. The van der Waals surface area contributed by atoms with Crippen LogP contribution in [0, 0.1) is 12.8 Å². The van der Waals surface area contributed by atoms with Gasteiger partial charge >= 0.3 is 0 Å². The minimum absolute atomic E-state index is 0.135. The SMILES string of the molecule is Cc1ccc(C(=O)Nc2ncnc3cc(OCCN4CCOCC4)c(NC(=O)C(C)C)cc23)cc1. The number of hydrogen-bond acceptors (Lipinski definition) is 7. The standard InChI is InChI=1S/C26H31N5O4/c1-17(2)25(32)29-22-14-20-21(15-23(22)35-13-10-31-8-11-34-12-9-31)27-16-28-24(20)30-26(33)19-6-4-18(3)5-7-19/h4-7,14-17H,8-13H2,1-3H3,(H,29,32)(H,27,28,30,33). The third kappa shape index (κ3) is 6.32. The van der Waals surface area contributed by atoms with Crippen molar-refractivity contribution < 1.29 is 19.1 Å². The predicted octanol–water partition coefficient (Wildman–Crippen LogP) is 3.50. The summed E-state index contributed by atoms with van der Waals surface area (Å²) in [5.41, 5.74) is 2.71. The maximum absolute atomic E-state index is 12.8. The summed E-state index contributed by atoms with van der Waals surface area (Å²) in [7, 11) is 0. The summed E-state index contributed by atoms with van der Waals surface area (Å²) in [5.74, 6) is 0.266. The highest BCUT2D eigenvalue weighted by molar-refractivity contribution is 6.08. The van der Waals surface area contributed by atoms with Gasteiger partial charge in [-0.15, -0.1) is 0 Å². The van der Waals surface area contributed by atoms with Gasteiger partial charge in [0.25, 0.3) is 5.91 Å². The Labute approximate surface area is 204 Å². The molecule has 0 unspecified atom stereocenters. The molecular formula is C26H31N5O4. The van der Waals surface area contributed by atoms with Crippen LogP contribution in [0.5, 0.6) is 5.75 Å². The van der Waals surface area contributed by atoms with E-state index in [0.717, 1.165) is 38.4 Å². The second kappa shape index (κ2) is 11.2. The average Bonchev–Trinajstić information content (AvgIpc) is 2.85. The zero-order chi connectivity index (χ0) is 24.8. The number of nitrogens with one attached hydrogen (secondary N) is 2. The largest absolute Gasteiger partial charge is 0.490 e. The molecule has 1 aromatic heterocycles. The van der Waals surface area contributed by atoms with E-state index in [2.05, 4.69) is 25.5 Å². The first-order valence-corrected chi connectivity index (χ1v) is 11.8. The van der Waals surface area contributed by atoms with Crippen LogP contribution in [-0.4, -0.2) is 66.1 Å². The molecule has 1 aliphatic heterocycles. The Kier molecular flexibility index (Phi) is 7.89. The third-order valence-electron chi connectivity index (χ3n) is 5.83. The van der Waals surface area contributed by atoms with Crippen LogP contribution in [0.1, 0.15) is 29.8 Å². The third-order valence-corrected chi connectivity index (χ3v) is 5.83. The van der Waals surface area contributed by atoms with Gasteiger partial charge in [0.15, 0.2) is 0 Å². The van der Waals surface area contributed by atoms with Crippen LogP contribution in [0.15, 0.2) is 42.7 Å². The summed E-state index contributed by atoms with van der Waals surface area (Å²) in [4.78, 5) is 36.2. The zero-order valence-electron chi connectivity index (χ0n) is 20.3. The van der Waals surface area contributed by atoms with E-state index >= 15 is 0 Å². The van der Waals surface area contributed by atoms with E-state index in [1.165, 1.54) is 6.33 Å². The Morgan fingerprint density at radius 2 is 1.83 bits per heavy atom. The number of amides is 2. The van der Waals surface area contributed by atoms with Crippen molar-refractivity contribution in [2.24, 2.45) is 5.92 Å². The number of carbonyl (C=O) groups is 2. The maximum Gasteiger partial charge on any atom is 0.256 e. The van der Waals surface area contributed by atoms with E-state index in [-0.39, 0.29) is 17.7 Å². The van der Waals surface area contributed by atoms with Gasteiger partial charge in [0.05, 0.1) is 24.4 Å². The molecule has 0 aliphatic carbocycles. The van der Waals surface area contributed by atoms with E-state index in [1.54, 1.807) is 24.3 Å². The van der Waals surface area contributed by atoms with Gasteiger partial charge < -0.3 is 20.1 Å².